The zero-order chi connectivity index (χ0) is 17.4. The molecule has 0 spiro atoms. The Morgan fingerprint density at radius 3 is 2.24 bits per heavy atom. The summed E-state index contributed by atoms with van der Waals surface area (Å²) in [5.41, 5.74) is 1.17. The van der Waals surface area contributed by atoms with Crippen LogP contribution in [0.4, 0.5) is 9.18 Å². The van der Waals surface area contributed by atoms with Gasteiger partial charge >= 0.3 is 6.03 Å². The van der Waals surface area contributed by atoms with Crippen LogP contribution < -0.4 is 10.6 Å². The molecule has 0 saturated heterocycles. The van der Waals surface area contributed by atoms with Gasteiger partial charge in [0, 0.05) is 12.2 Å². The SMILES string of the molecule is CC(NC(=O)N/C=C/c1ccc(F)cc1)C12CC3CC(CC(C3)C1)C2. The highest BCUT2D eigenvalue weighted by Crippen LogP contribution is 2.61. The quantitative estimate of drug-likeness (QED) is 0.818. The highest BCUT2D eigenvalue weighted by Gasteiger charge is 2.53. The molecule has 1 unspecified atom stereocenters. The maximum atomic E-state index is 12.9. The molecule has 5 rings (SSSR count). The van der Waals surface area contributed by atoms with E-state index in [0.717, 1.165) is 23.3 Å². The van der Waals surface area contributed by atoms with E-state index in [9.17, 15) is 9.18 Å². The van der Waals surface area contributed by atoms with Crippen molar-refractivity contribution in [2.45, 2.75) is 51.5 Å². The summed E-state index contributed by atoms with van der Waals surface area (Å²) >= 11 is 0. The number of urea groups is 1. The lowest BCUT2D eigenvalue weighted by Crippen LogP contribution is -2.56. The molecule has 3 nitrogen and oxygen atoms in total. The predicted molar refractivity (Wildman–Crippen MR) is 97.2 cm³/mol. The molecule has 0 aromatic heterocycles. The number of benzene rings is 1. The van der Waals surface area contributed by atoms with Crippen molar-refractivity contribution in [2.24, 2.45) is 23.2 Å². The van der Waals surface area contributed by atoms with E-state index in [1.54, 1.807) is 24.4 Å². The topological polar surface area (TPSA) is 41.1 Å². The second-order valence-corrected chi connectivity index (χ2v) is 8.50. The molecule has 0 aliphatic heterocycles. The number of nitrogens with one attached hydrogen (secondary N) is 2. The van der Waals surface area contributed by atoms with Crippen LogP contribution in [0.3, 0.4) is 0 Å². The van der Waals surface area contributed by atoms with Gasteiger partial charge < -0.3 is 10.6 Å². The average Bonchev–Trinajstić information content (AvgIpc) is 2.55. The van der Waals surface area contributed by atoms with Crippen LogP contribution in [-0.4, -0.2) is 12.1 Å². The maximum absolute atomic E-state index is 12.9. The molecule has 4 fully saturated rings. The summed E-state index contributed by atoms with van der Waals surface area (Å²) in [7, 11) is 0. The van der Waals surface area contributed by atoms with Crippen molar-refractivity contribution in [3.63, 3.8) is 0 Å². The number of halogens is 1. The predicted octanol–water partition coefficient (Wildman–Crippen LogP) is 4.70. The molecule has 2 N–H and O–H groups in total. The fraction of sp³-hybridized carbons (Fsp3) is 0.571. The molecule has 4 aliphatic carbocycles. The molecule has 4 bridgehead atoms. The first-order valence-corrected chi connectivity index (χ1v) is 9.51. The minimum atomic E-state index is -0.257. The molecule has 0 radical (unpaired) electrons. The Hall–Kier alpha value is -1.84. The van der Waals surface area contributed by atoms with Crippen molar-refractivity contribution in [2.75, 3.05) is 0 Å². The monoisotopic (exact) mass is 342 g/mol. The molecule has 4 heteroatoms. The van der Waals surface area contributed by atoms with Crippen LogP contribution in [0.25, 0.3) is 6.08 Å². The van der Waals surface area contributed by atoms with Gasteiger partial charge in [0.1, 0.15) is 5.82 Å². The first kappa shape index (κ1) is 16.6. The molecule has 4 aliphatic rings. The van der Waals surface area contributed by atoms with Crippen molar-refractivity contribution >= 4 is 12.1 Å². The lowest BCUT2D eigenvalue weighted by molar-refractivity contribution is -0.0681. The van der Waals surface area contributed by atoms with Crippen molar-refractivity contribution in [1.82, 2.24) is 10.6 Å². The lowest BCUT2D eigenvalue weighted by Gasteiger charge is -2.59. The molecule has 1 atom stereocenters. The minimum Gasteiger partial charge on any atom is -0.335 e. The third-order valence-electron chi connectivity index (χ3n) is 6.71. The summed E-state index contributed by atoms with van der Waals surface area (Å²) in [6.45, 7) is 2.18. The summed E-state index contributed by atoms with van der Waals surface area (Å²) in [5, 5.41) is 5.96. The molecule has 1 aromatic rings. The zero-order valence-electron chi connectivity index (χ0n) is 14.8. The number of amides is 2. The fourth-order valence-electron chi connectivity index (χ4n) is 5.89. The number of hydrogen-bond acceptors (Lipinski definition) is 1. The Balaban J connectivity index is 1.32. The van der Waals surface area contributed by atoms with Gasteiger partial charge in [-0.05, 0) is 92.4 Å². The average molecular weight is 342 g/mol. The van der Waals surface area contributed by atoms with E-state index in [4.69, 9.17) is 0 Å². The highest BCUT2D eigenvalue weighted by atomic mass is 19.1. The van der Waals surface area contributed by atoms with Crippen molar-refractivity contribution in [3.05, 3.63) is 41.8 Å². The van der Waals surface area contributed by atoms with Crippen molar-refractivity contribution in [3.8, 4) is 0 Å². The standard InChI is InChI=1S/C21H27FN2O/c1-14(21-11-16-8-17(12-21)10-18(9-16)13-21)24-20(25)23-7-6-15-2-4-19(22)5-3-15/h2-7,14,16-18H,8-13H2,1H3,(H2,23,24,25)/b7-6+. The van der Waals surface area contributed by atoms with Gasteiger partial charge in [0.2, 0.25) is 0 Å². The summed E-state index contributed by atoms with van der Waals surface area (Å²) < 4.78 is 12.9. The number of rotatable bonds is 4. The number of hydrogen-bond donors (Lipinski definition) is 2. The van der Waals surface area contributed by atoms with Gasteiger partial charge in [0.05, 0.1) is 0 Å². The molecule has 0 heterocycles. The second kappa shape index (κ2) is 6.47. The first-order valence-electron chi connectivity index (χ1n) is 9.51. The van der Waals surface area contributed by atoms with Crippen LogP contribution >= 0.6 is 0 Å². The summed E-state index contributed by atoms with van der Waals surface area (Å²) in [6, 6.07) is 6.25. The van der Waals surface area contributed by atoms with Crippen LogP contribution in [0.1, 0.15) is 51.0 Å². The normalized spacial score (nSPS) is 34.2. The Kier molecular flexibility index (Phi) is 4.30. The molecule has 1 aromatic carbocycles. The Labute approximate surface area is 149 Å². The van der Waals surface area contributed by atoms with Gasteiger partial charge in [-0.25, -0.2) is 9.18 Å². The molecule has 4 saturated carbocycles. The van der Waals surface area contributed by atoms with E-state index < -0.39 is 0 Å². The van der Waals surface area contributed by atoms with E-state index in [0.29, 0.717) is 5.41 Å². The van der Waals surface area contributed by atoms with E-state index in [2.05, 4.69) is 17.6 Å². The van der Waals surface area contributed by atoms with E-state index >= 15 is 0 Å². The molecule has 134 valence electrons. The number of carbonyl (C=O) groups is 1. The van der Waals surface area contributed by atoms with E-state index in [-0.39, 0.29) is 17.9 Å². The smallest absolute Gasteiger partial charge is 0.318 e. The van der Waals surface area contributed by atoms with Crippen LogP contribution in [0.15, 0.2) is 30.5 Å². The molecular weight excluding hydrogens is 315 g/mol. The summed E-state index contributed by atoms with van der Waals surface area (Å²) in [6.07, 6.45) is 11.5. The van der Waals surface area contributed by atoms with Crippen LogP contribution in [0.2, 0.25) is 0 Å². The van der Waals surface area contributed by atoms with Gasteiger partial charge in [-0.3, -0.25) is 0 Å². The summed E-state index contributed by atoms with van der Waals surface area (Å²) in [4.78, 5) is 12.3. The third-order valence-corrected chi connectivity index (χ3v) is 6.71. The van der Waals surface area contributed by atoms with Gasteiger partial charge in [-0.2, -0.15) is 0 Å². The van der Waals surface area contributed by atoms with Crippen LogP contribution in [0, 0.1) is 29.0 Å². The zero-order valence-corrected chi connectivity index (χ0v) is 14.8. The van der Waals surface area contributed by atoms with E-state index in [1.165, 1.54) is 50.7 Å². The number of carbonyl (C=O) groups excluding carboxylic acids is 1. The Bertz CT molecular complexity index is 632. The molecule has 2 amide bonds. The molecular formula is C21H27FN2O. The largest absolute Gasteiger partial charge is 0.335 e. The highest BCUT2D eigenvalue weighted by molar-refractivity contribution is 5.76. The first-order chi connectivity index (χ1) is 12.0. The minimum absolute atomic E-state index is 0.151. The van der Waals surface area contributed by atoms with Gasteiger partial charge in [0.25, 0.3) is 0 Å². The fourth-order valence-corrected chi connectivity index (χ4v) is 5.89. The lowest BCUT2D eigenvalue weighted by atomic mass is 9.48. The molecule has 25 heavy (non-hydrogen) atoms. The van der Waals surface area contributed by atoms with Crippen LogP contribution in [-0.2, 0) is 0 Å². The summed E-state index contributed by atoms with van der Waals surface area (Å²) in [5.74, 6) is 2.40. The van der Waals surface area contributed by atoms with Crippen molar-refractivity contribution in [1.29, 1.82) is 0 Å². The third kappa shape index (κ3) is 3.44. The maximum Gasteiger partial charge on any atom is 0.318 e. The van der Waals surface area contributed by atoms with Gasteiger partial charge in [-0.15, -0.1) is 0 Å². The Morgan fingerprint density at radius 1 is 1.12 bits per heavy atom. The second-order valence-electron chi connectivity index (χ2n) is 8.50. The van der Waals surface area contributed by atoms with Gasteiger partial charge in [-0.1, -0.05) is 12.1 Å². The van der Waals surface area contributed by atoms with Crippen molar-refractivity contribution < 1.29 is 9.18 Å². The van der Waals surface area contributed by atoms with E-state index in [1.807, 2.05) is 0 Å². The Morgan fingerprint density at radius 2 is 1.68 bits per heavy atom. The van der Waals surface area contributed by atoms with Crippen LogP contribution in [0.5, 0.6) is 0 Å². The van der Waals surface area contributed by atoms with Gasteiger partial charge in [0.15, 0.2) is 0 Å².